The minimum atomic E-state index is -0.263. The molecule has 0 spiro atoms. The van der Waals surface area contributed by atoms with Crippen molar-refractivity contribution in [2.75, 3.05) is 11.1 Å². The molecular formula is C15H12ClN3OS. The highest BCUT2D eigenvalue weighted by Gasteiger charge is 2.11. The molecule has 21 heavy (non-hydrogen) atoms. The SMILES string of the molecule is Cc1nc2ccc(NC(=O)c3ccc(N)cc3Cl)cc2s1. The number of nitrogens with zero attached hydrogens (tertiary/aromatic N) is 1. The number of benzene rings is 2. The summed E-state index contributed by atoms with van der Waals surface area (Å²) in [6.07, 6.45) is 0. The third-order valence-electron chi connectivity index (χ3n) is 2.99. The number of nitrogen functional groups attached to an aromatic ring is 1. The lowest BCUT2D eigenvalue weighted by molar-refractivity contribution is 0.102. The molecule has 0 aliphatic rings. The van der Waals surface area contributed by atoms with E-state index in [0.29, 0.717) is 22.0 Å². The van der Waals surface area contributed by atoms with Gasteiger partial charge in [0.1, 0.15) is 0 Å². The summed E-state index contributed by atoms with van der Waals surface area (Å²) < 4.78 is 1.04. The van der Waals surface area contributed by atoms with Gasteiger partial charge in [0, 0.05) is 11.4 Å². The van der Waals surface area contributed by atoms with Gasteiger partial charge in [0.15, 0.2) is 0 Å². The van der Waals surface area contributed by atoms with E-state index in [2.05, 4.69) is 10.3 Å². The molecular weight excluding hydrogens is 306 g/mol. The van der Waals surface area contributed by atoms with Crippen LogP contribution >= 0.6 is 22.9 Å². The first kappa shape index (κ1) is 13.9. The van der Waals surface area contributed by atoms with Crippen molar-refractivity contribution in [3.8, 4) is 0 Å². The van der Waals surface area contributed by atoms with Crippen molar-refractivity contribution in [2.45, 2.75) is 6.92 Å². The van der Waals surface area contributed by atoms with Crippen LogP contribution in [0.2, 0.25) is 5.02 Å². The fraction of sp³-hybridized carbons (Fsp3) is 0.0667. The van der Waals surface area contributed by atoms with Crippen LogP contribution in [0, 0.1) is 6.92 Å². The Labute approximate surface area is 130 Å². The van der Waals surface area contributed by atoms with Gasteiger partial charge in [0.2, 0.25) is 0 Å². The van der Waals surface area contributed by atoms with Crippen molar-refractivity contribution in [3.05, 3.63) is 52.0 Å². The quantitative estimate of drug-likeness (QED) is 0.699. The van der Waals surface area contributed by atoms with Gasteiger partial charge in [-0.05, 0) is 43.3 Å². The third-order valence-corrected chi connectivity index (χ3v) is 4.24. The van der Waals surface area contributed by atoms with Crippen molar-refractivity contribution in [2.24, 2.45) is 0 Å². The van der Waals surface area contributed by atoms with Crippen LogP contribution in [0.4, 0.5) is 11.4 Å². The molecule has 1 amide bonds. The Morgan fingerprint density at radius 2 is 2.10 bits per heavy atom. The molecule has 0 atom stereocenters. The number of amides is 1. The first-order valence-electron chi connectivity index (χ1n) is 6.26. The predicted molar refractivity (Wildman–Crippen MR) is 88.2 cm³/mol. The van der Waals surface area contributed by atoms with Gasteiger partial charge < -0.3 is 11.1 Å². The fourth-order valence-electron chi connectivity index (χ4n) is 2.03. The number of nitrogens with two attached hydrogens (primary N) is 1. The first-order chi connectivity index (χ1) is 10.0. The minimum Gasteiger partial charge on any atom is -0.399 e. The lowest BCUT2D eigenvalue weighted by Crippen LogP contribution is -2.12. The van der Waals surface area contributed by atoms with Crippen molar-refractivity contribution < 1.29 is 4.79 Å². The van der Waals surface area contributed by atoms with Gasteiger partial charge in [-0.1, -0.05) is 11.6 Å². The summed E-state index contributed by atoms with van der Waals surface area (Å²) in [5.74, 6) is -0.263. The topological polar surface area (TPSA) is 68.0 Å². The number of aromatic nitrogens is 1. The fourth-order valence-corrected chi connectivity index (χ4v) is 3.17. The number of anilines is 2. The molecule has 3 aromatic rings. The molecule has 0 saturated heterocycles. The van der Waals surface area contributed by atoms with E-state index in [1.54, 1.807) is 29.5 Å². The standard InChI is InChI=1S/C15H12ClN3OS/c1-8-18-13-5-3-10(7-14(13)21-8)19-15(20)11-4-2-9(17)6-12(11)16/h2-7H,17H2,1H3,(H,19,20). The molecule has 6 heteroatoms. The number of hydrogen-bond acceptors (Lipinski definition) is 4. The average molecular weight is 318 g/mol. The second-order valence-corrected chi connectivity index (χ2v) is 6.25. The lowest BCUT2D eigenvalue weighted by atomic mass is 10.2. The third kappa shape index (κ3) is 2.84. The van der Waals surface area contributed by atoms with Crippen LogP contribution in [0.5, 0.6) is 0 Å². The van der Waals surface area contributed by atoms with Gasteiger partial charge in [0.05, 0.1) is 25.8 Å². The summed E-state index contributed by atoms with van der Waals surface area (Å²) in [7, 11) is 0. The van der Waals surface area contributed by atoms with E-state index in [-0.39, 0.29) is 5.91 Å². The second-order valence-electron chi connectivity index (χ2n) is 4.61. The monoisotopic (exact) mass is 317 g/mol. The zero-order chi connectivity index (χ0) is 15.0. The van der Waals surface area contributed by atoms with Gasteiger partial charge in [-0.2, -0.15) is 0 Å². The summed E-state index contributed by atoms with van der Waals surface area (Å²) in [6, 6.07) is 10.4. The van der Waals surface area contributed by atoms with Crippen LogP contribution in [-0.4, -0.2) is 10.9 Å². The first-order valence-corrected chi connectivity index (χ1v) is 7.46. The molecule has 0 unspecified atom stereocenters. The summed E-state index contributed by atoms with van der Waals surface area (Å²) in [5, 5.41) is 4.17. The summed E-state index contributed by atoms with van der Waals surface area (Å²) in [5.41, 5.74) is 8.19. The Balaban J connectivity index is 1.88. The summed E-state index contributed by atoms with van der Waals surface area (Å²) in [6.45, 7) is 1.96. The average Bonchev–Trinajstić information content (AvgIpc) is 2.77. The van der Waals surface area contributed by atoms with Crippen molar-refractivity contribution >= 4 is 50.4 Å². The van der Waals surface area contributed by atoms with Crippen LogP contribution in [0.1, 0.15) is 15.4 Å². The van der Waals surface area contributed by atoms with Gasteiger partial charge >= 0.3 is 0 Å². The van der Waals surface area contributed by atoms with Crippen LogP contribution in [0.25, 0.3) is 10.2 Å². The number of halogens is 1. The molecule has 106 valence electrons. The zero-order valence-corrected chi connectivity index (χ0v) is 12.8. The van der Waals surface area contributed by atoms with Crippen molar-refractivity contribution in [1.82, 2.24) is 4.98 Å². The second kappa shape index (κ2) is 5.35. The Kier molecular flexibility index (Phi) is 3.53. The van der Waals surface area contributed by atoms with E-state index in [1.165, 1.54) is 0 Å². The highest BCUT2D eigenvalue weighted by Crippen LogP contribution is 2.26. The molecule has 0 saturated carbocycles. The number of aryl methyl sites for hydroxylation is 1. The Morgan fingerprint density at radius 3 is 2.86 bits per heavy atom. The van der Waals surface area contributed by atoms with E-state index < -0.39 is 0 Å². The van der Waals surface area contributed by atoms with Crippen LogP contribution in [0.3, 0.4) is 0 Å². The Bertz CT molecular complexity index is 844. The molecule has 0 aliphatic heterocycles. The molecule has 3 rings (SSSR count). The summed E-state index contributed by atoms with van der Waals surface area (Å²) in [4.78, 5) is 16.6. The Morgan fingerprint density at radius 1 is 1.29 bits per heavy atom. The number of nitrogens with one attached hydrogen (secondary N) is 1. The molecule has 1 aromatic heterocycles. The van der Waals surface area contributed by atoms with Crippen LogP contribution in [0.15, 0.2) is 36.4 Å². The number of carbonyl (C=O) groups is 1. The number of thiazole rings is 1. The highest BCUT2D eigenvalue weighted by atomic mass is 35.5. The largest absolute Gasteiger partial charge is 0.399 e. The maximum absolute atomic E-state index is 12.2. The van der Waals surface area contributed by atoms with Crippen molar-refractivity contribution in [3.63, 3.8) is 0 Å². The number of rotatable bonds is 2. The molecule has 0 radical (unpaired) electrons. The van der Waals surface area contributed by atoms with Gasteiger partial charge in [-0.3, -0.25) is 4.79 Å². The maximum Gasteiger partial charge on any atom is 0.257 e. The number of hydrogen-bond donors (Lipinski definition) is 2. The van der Waals surface area contributed by atoms with Crippen LogP contribution in [-0.2, 0) is 0 Å². The van der Waals surface area contributed by atoms with E-state index in [1.807, 2.05) is 25.1 Å². The molecule has 0 bridgehead atoms. The smallest absolute Gasteiger partial charge is 0.257 e. The molecule has 3 N–H and O–H groups in total. The predicted octanol–water partition coefficient (Wildman–Crippen LogP) is 4.09. The van der Waals surface area contributed by atoms with Crippen molar-refractivity contribution in [1.29, 1.82) is 0 Å². The Hall–Kier alpha value is -2.11. The molecule has 2 aromatic carbocycles. The minimum absolute atomic E-state index is 0.263. The normalized spacial score (nSPS) is 10.8. The number of fused-ring (bicyclic) bond motifs is 1. The molecule has 1 heterocycles. The molecule has 4 nitrogen and oxygen atoms in total. The maximum atomic E-state index is 12.2. The molecule has 0 aliphatic carbocycles. The lowest BCUT2D eigenvalue weighted by Gasteiger charge is -2.07. The highest BCUT2D eigenvalue weighted by molar-refractivity contribution is 7.18. The van der Waals surface area contributed by atoms with Gasteiger partial charge in [-0.25, -0.2) is 4.98 Å². The van der Waals surface area contributed by atoms with E-state index >= 15 is 0 Å². The van der Waals surface area contributed by atoms with Gasteiger partial charge in [-0.15, -0.1) is 11.3 Å². The summed E-state index contributed by atoms with van der Waals surface area (Å²) >= 11 is 7.63. The van der Waals surface area contributed by atoms with Crippen LogP contribution < -0.4 is 11.1 Å². The van der Waals surface area contributed by atoms with E-state index in [9.17, 15) is 4.79 Å². The molecule has 0 fully saturated rings. The van der Waals surface area contributed by atoms with E-state index in [4.69, 9.17) is 17.3 Å². The van der Waals surface area contributed by atoms with E-state index in [0.717, 1.165) is 15.2 Å². The zero-order valence-electron chi connectivity index (χ0n) is 11.2. The number of carbonyl (C=O) groups excluding carboxylic acids is 1. The van der Waals surface area contributed by atoms with Gasteiger partial charge in [0.25, 0.3) is 5.91 Å².